The molecule has 0 aliphatic rings. The van der Waals surface area contributed by atoms with Crippen LogP contribution in [0.4, 0.5) is 5.69 Å². The number of halogens is 1. The van der Waals surface area contributed by atoms with E-state index in [9.17, 15) is 18.5 Å². The maximum absolute atomic E-state index is 12.2. The predicted molar refractivity (Wildman–Crippen MR) is 86.1 cm³/mol. The zero-order chi connectivity index (χ0) is 16.2. The quantitative estimate of drug-likeness (QED) is 0.612. The standard InChI is InChI=1S/C14H13BrN2O4S/c15-12-7-5-11(6-8-12)9-10-16-22(20,21)14-4-2-1-3-13(14)17(18)19/h1-8,16H,9-10H2. The molecule has 2 rings (SSSR count). The lowest BCUT2D eigenvalue weighted by Crippen LogP contribution is -2.26. The molecule has 0 atom stereocenters. The Morgan fingerprint density at radius 3 is 2.36 bits per heavy atom. The number of nitrogens with zero attached hydrogens (tertiary/aromatic N) is 1. The number of para-hydroxylation sites is 1. The van der Waals surface area contributed by atoms with Gasteiger partial charge in [-0.25, -0.2) is 13.1 Å². The van der Waals surface area contributed by atoms with Crippen LogP contribution in [0.5, 0.6) is 0 Å². The van der Waals surface area contributed by atoms with Gasteiger partial charge >= 0.3 is 0 Å². The van der Waals surface area contributed by atoms with Gasteiger partial charge < -0.3 is 0 Å². The van der Waals surface area contributed by atoms with Crippen molar-refractivity contribution >= 4 is 31.6 Å². The maximum Gasteiger partial charge on any atom is 0.289 e. The summed E-state index contributed by atoms with van der Waals surface area (Å²) in [6.07, 6.45) is 0.493. The van der Waals surface area contributed by atoms with E-state index in [1.54, 1.807) is 0 Å². The van der Waals surface area contributed by atoms with Gasteiger partial charge in [-0.2, -0.15) is 0 Å². The summed E-state index contributed by atoms with van der Waals surface area (Å²) < 4.78 is 27.7. The van der Waals surface area contributed by atoms with Crippen LogP contribution < -0.4 is 4.72 Å². The van der Waals surface area contributed by atoms with E-state index in [4.69, 9.17) is 0 Å². The van der Waals surface area contributed by atoms with Crippen molar-refractivity contribution in [2.24, 2.45) is 0 Å². The number of benzene rings is 2. The molecule has 0 aromatic heterocycles. The monoisotopic (exact) mass is 384 g/mol. The molecule has 0 amide bonds. The van der Waals surface area contributed by atoms with Crippen LogP contribution in [0.3, 0.4) is 0 Å². The largest absolute Gasteiger partial charge is 0.289 e. The molecular weight excluding hydrogens is 372 g/mol. The SMILES string of the molecule is O=[N+]([O-])c1ccccc1S(=O)(=O)NCCc1ccc(Br)cc1. The highest BCUT2D eigenvalue weighted by molar-refractivity contribution is 9.10. The number of rotatable bonds is 6. The summed E-state index contributed by atoms with van der Waals surface area (Å²) in [4.78, 5) is 9.88. The van der Waals surface area contributed by atoms with E-state index < -0.39 is 20.6 Å². The third kappa shape index (κ3) is 4.12. The van der Waals surface area contributed by atoms with E-state index in [2.05, 4.69) is 20.7 Å². The number of hydrogen-bond donors (Lipinski definition) is 1. The first-order chi connectivity index (χ1) is 10.4. The van der Waals surface area contributed by atoms with Crippen molar-refractivity contribution in [3.8, 4) is 0 Å². The predicted octanol–water partition coefficient (Wildman–Crippen LogP) is 2.88. The highest BCUT2D eigenvalue weighted by Crippen LogP contribution is 2.22. The highest BCUT2D eigenvalue weighted by Gasteiger charge is 2.24. The molecule has 0 aliphatic heterocycles. The van der Waals surface area contributed by atoms with Crippen molar-refractivity contribution in [1.82, 2.24) is 4.72 Å². The average molecular weight is 385 g/mol. The molecule has 0 radical (unpaired) electrons. The molecule has 0 saturated heterocycles. The molecule has 0 saturated carbocycles. The number of nitro groups is 1. The molecule has 8 heteroatoms. The molecule has 0 aliphatic carbocycles. The van der Waals surface area contributed by atoms with Crippen LogP contribution in [-0.2, 0) is 16.4 Å². The molecule has 0 fully saturated rings. The molecule has 0 spiro atoms. The summed E-state index contributed by atoms with van der Waals surface area (Å²) in [5.74, 6) is 0. The molecule has 2 aromatic carbocycles. The maximum atomic E-state index is 12.2. The summed E-state index contributed by atoms with van der Waals surface area (Å²) in [5, 5.41) is 10.9. The topological polar surface area (TPSA) is 89.3 Å². The van der Waals surface area contributed by atoms with Crippen LogP contribution >= 0.6 is 15.9 Å². The van der Waals surface area contributed by atoms with E-state index in [1.807, 2.05) is 24.3 Å². The van der Waals surface area contributed by atoms with Gasteiger partial charge in [0, 0.05) is 17.1 Å². The first-order valence-corrected chi connectivity index (χ1v) is 8.65. The number of sulfonamides is 1. The van der Waals surface area contributed by atoms with Gasteiger partial charge in [-0.05, 0) is 30.2 Å². The molecule has 0 heterocycles. The van der Waals surface area contributed by atoms with Gasteiger partial charge in [-0.15, -0.1) is 0 Å². The first kappa shape index (κ1) is 16.6. The second-order valence-corrected chi connectivity index (χ2v) is 7.15. The first-order valence-electron chi connectivity index (χ1n) is 6.38. The molecule has 1 N–H and O–H groups in total. The summed E-state index contributed by atoms with van der Waals surface area (Å²) in [6.45, 7) is 0.163. The Balaban J connectivity index is 2.09. The van der Waals surface area contributed by atoms with E-state index in [0.29, 0.717) is 6.42 Å². The van der Waals surface area contributed by atoms with Crippen molar-refractivity contribution < 1.29 is 13.3 Å². The minimum atomic E-state index is -3.92. The Labute approximate surface area is 136 Å². The minimum Gasteiger partial charge on any atom is -0.258 e. The van der Waals surface area contributed by atoms with Gasteiger partial charge in [0.25, 0.3) is 5.69 Å². The minimum absolute atomic E-state index is 0.163. The fourth-order valence-electron chi connectivity index (χ4n) is 1.89. The number of nitro benzene ring substituents is 1. The molecule has 116 valence electrons. The van der Waals surface area contributed by atoms with Gasteiger partial charge in [0.2, 0.25) is 10.0 Å². The summed E-state index contributed by atoms with van der Waals surface area (Å²) in [7, 11) is -3.92. The second-order valence-electron chi connectivity index (χ2n) is 4.50. The third-order valence-corrected chi connectivity index (χ3v) is 5.01. The summed E-state index contributed by atoms with van der Waals surface area (Å²) in [5.41, 5.74) is 0.534. The molecule has 0 unspecified atom stereocenters. The smallest absolute Gasteiger partial charge is 0.258 e. The van der Waals surface area contributed by atoms with Gasteiger partial charge in [-0.1, -0.05) is 40.2 Å². The van der Waals surface area contributed by atoms with E-state index >= 15 is 0 Å². The van der Waals surface area contributed by atoms with E-state index in [1.165, 1.54) is 24.3 Å². The van der Waals surface area contributed by atoms with Gasteiger partial charge in [0.15, 0.2) is 4.90 Å². The van der Waals surface area contributed by atoms with Crippen LogP contribution in [0.25, 0.3) is 0 Å². The summed E-state index contributed by atoms with van der Waals surface area (Å²) in [6, 6.07) is 12.8. The van der Waals surface area contributed by atoms with Crippen LogP contribution in [0.1, 0.15) is 5.56 Å². The Bertz CT molecular complexity index is 776. The van der Waals surface area contributed by atoms with Crippen LogP contribution in [0.2, 0.25) is 0 Å². The lowest BCUT2D eigenvalue weighted by Gasteiger charge is -2.07. The van der Waals surface area contributed by atoms with Gasteiger partial charge in [0.1, 0.15) is 0 Å². The average Bonchev–Trinajstić information content (AvgIpc) is 2.49. The Hall–Kier alpha value is -1.77. The van der Waals surface area contributed by atoms with Crippen LogP contribution in [-0.4, -0.2) is 19.9 Å². The zero-order valence-electron chi connectivity index (χ0n) is 11.4. The molecular formula is C14H13BrN2O4S. The lowest BCUT2D eigenvalue weighted by molar-refractivity contribution is -0.387. The molecule has 22 heavy (non-hydrogen) atoms. The van der Waals surface area contributed by atoms with Crippen molar-refractivity contribution in [2.45, 2.75) is 11.3 Å². The van der Waals surface area contributed by atoms with E-state index in [0.717, 1.165) is 10.0 Å². The zero-order valence-corrected chi connectivity index (χ0v) is 13.8. The van der Waals surface area contributed by atoms with Crippen molar-refractivity contribution in [2.75, 3.05) is 6.54 Å². The van der Waals surface area contributed by atoms with Crippen molar-refractivity contribution in [3.63, 3.8) is 0 Å². The summed E-state index contributed by atoms with van der Waals surface area (Å²) >= 11 is 3.32. The number of nitrogens with one attached hydrogen (secondary N) is 1. The molecule has 0 bridgehead atoms. The lowest BCUT2D eigenvalue weighted by atomic mass is 10.2. The Morgan fingerprint density at radius 1 is 1.09 bits per heavy atom. The normalized spacial score (nSPS) is 11.3. The number of hydrogen-bond acceptors (Lipinski definition) is 4. The fourth-order valence-corrected chi connectivity index (χ4v) is 3.36. The Kier molecular flexibility index (Phi) is 5.28. The third-order valence-electron chi connectivity index (χ3n) is 2.97. The fraction of sp³-hybridized carbons (Fsp3) is 0.143. The Morgan fingerprint density at radius 2 is 1.73 bits per heavy atom. The molecule has 2 aromatic rings. The molecule has 6 nitrogen and oxygen atoms in total. The van der Waals surface area contributed by atoms with Crippen molar-refractivity contribution in [3.05, 3.63) is 68.7 Å². The van der Waals surface area contributed by atoms with Gasteiger partial charge in [0.05, 0.1) is 4.92 Å². The van der Waals surface area contributed by atoms with Crippen molar-refractivity contribution in [1.29, 1.82) is 0 Å². The second kappa shape index (κ2) is 6.99. The van der Waals surface area contributed by atoms with Crippen LogP contribution in [0, 0.1) is 10.1 Å². The van der Waals surface area contributed by atoms with Gasteiger partial charge in [-0.3, -0.25) is 10.1 Å². The van der Waals surface area contributed by atoms with Crippen LogP contribution in [0.15, 0.2) is 57.9 Å². The highest BCUT2D eigenvalue weighted by atomic mass is 79.9. The van der Waals surface area contributed by atoms with E-state index in [-0.39, 0.29) is 11.4 Å².